The first kappa shape index (κ1) is 16.5. The average molecular weight is 355 g/mol. The second-order valence-corrected chi connectivity index (χ2v) is 6.78. The van der Waals surface area contributed by atoms with Crippen LogP contribution >= 0.6 is 0 Å². The molecule has 134 valence electrons. The summed E-state index contributed by atoms with van der Waals surface area (Å²) in [7, 11) is 0. The summed E-state index contributed by atoms with van der Waals surface area (Å²) in [5.41, 5.74) is 5.71. The molecular formula is C19H18FN3O3. The molecule has 1 aromatic heterocycles. The van der Waals surface area contributed by atoms with Crippen LogP contribution in [0.4, 0.5) is 4.39 Å². The number of amides is 2. The van der Waals surface area contributed by atoms with Crippen LogP contribution in [0.2, 0.25) is 0 Å². The number of aromatic nitrogens is 1. The van der Waals surface area contributed by atoms with Gasteiger partial charge in [0, 0.05) is 12.3 Å². The Balaban J connectivity index is 1.37. The van der Waals surface area contributed by atoms with Crippen LogP contribution in [0.15, 0.2) is 42.6 Å². The Morgan fingerprint density at radius 3 is 2.50 bits per heavy atom. The van der Waals surface area contributed by atoms with Crippen molar-refractivity contribution in [3.8, 4) is 5.75 Å². The minimum absolute atomic E-state index is 0.0662. The van der Waals surface area contributed by atoms with Crippen LogP contribution in [-0.4, -0.2) is 40.9 Å². The van der Waals surface area contributed by atoms with Crippen LogP contribution in [0.1, 0.15) is 28.9 Å². The van der Waals surface area contributed by atoms with Crippen molar-refractivity contribution in [1.82, 2.24) is 9.88 Å². The third kappa shape index (κ3) is 2.89. The summed E-state index contributed by atoms with van der Waals surface area (Å²) in [6, 6.07) is 9.31. The number of pyridine rings is 1. The largest absolute Gasteiger partial charge is 0.487 e. The SMILES string of the molecule is NC(=O)c1cc(OC2CN(C(=O)C3(c4ccc(F)cc4)CC3)C2)ccn1. The summed E-state index contributed by atoms with van der Waals surface area (Å²) >= 11 is 0. The topological polar surface area (TPSA) is 85.5 Å². The van der Waals surface area contributed by atoms with E-state index in [4.69, 9.17) is 10.5 Å². The molecule has 1 aromatic carbocycles. The molecule has 1 aliphatic carbocycles. The van der Waals surface area contributed by atoms with Gasteiger partial charge in [0.25, 0.3) is 5.91 Å². The van der Waals surface area contributed by atoms with Crippen molar-refractivity contribution in [3.05, 3.63) is 59.7 Å². The number of ether oxygens (including phenoxy) is 1. The van der Waals surface area contributed by atoms with Gasteiger partial charge in [-0.1, -0.05) is 12.1 Å². The number of primary amides is 1. The van der Waals surface area contributed by atoms with E-state index in [0.717, 1.165) is 18.4 Å². The average Bonchev–Trinajstić information content (AvgIpc) is 3.40. The first-order chi connectivity index (χ1) is 12.5. The Morgan fingerprint density at radius 2 is 1.88 bits per heavy atom. The molecule has 2 amide bonds. The molecule has 1 saturated carbocycles. The van der Waals surface area contributed by atoms with E-state index in [2.05, 4.69) is 4.98 Å². The molecule has 6 nitrogen and oxygen atoms in total. The summed E-state index contributed by atoms with van der Waals surface area (Å²) in [6.07, 6.45) is 2.90. The van der Waals surface area contributed by atoms with E-state index in [1.165, 1.54) is 24.4 Å². The molecule has 0 spiro atoms. The minimum atomic E-state index is -0.615. The second kappa shape index (κ2) is 6.09. The highest BCUT2D eigenvalue weighted by atomic mass is 19.1. The quantitative estimate of drug-likeness (QED) is 0.884. The van der Waals surface area contributed by atoms with E-state index in [9.17, 15) is 14.0 Å². The molecule has 2 fully saturated rings. The molecule has 2 heterocycles. The van der Waals surface area contributed by atoms with E-state index in [1.54, 1.807) is 23.1 Å². The van der Waals surface area contributed by atoms with Gasteiger partial charge in [0.15, 0.2) is 0 Å². The Hall–Kier alpha value is -2.96. The summed E-state index contributed by atoms with van der Waals surface area (Å²) in [4.78, 5) is 29.6. The third-order valence-electron chi connectivity index (χ3n) is 4.98. The van der Waals surface area contributed by atoms with Crippen molar-refractivity contribution in [1.29, 1.82) is 0 Å². The van der Waals surface area contributed by atoms with Gasteiger partial charge in [-0.3, -0.25) is 14.6 Å². The molecule has 0 atom stereocenters. The summed E-state index contributed by atoms with van der Waals surface area (Å²) < 4.78 is 18.9. The smallest absolute Gasteiger partial charge is 0.267 e. The van der Waals surface area contributed by atoms with Crippen molar-refractivity contribution >= 4 is 11.8 Å². The molecule has 0 unspecified atom stereocenters. The van der Waals surface area contributed by atoms with E-state index in [1.807, 2.05) is 0 Å². The van der Waals surface area contributed by atoms with Gasteiger partial charge in [0.1, 0.15) is 23.4 Å². The van der Waals surface area contributed by atoms with Gasteiger partial charge < -0.3 is 15.4 Å². The number of carbonyl (C=O) groups is 2. The van der Waals surface area contributed by atoms with Gasteiger partial charge in [-0.15, -0.1) is 0 Å². The molecule has 0 radical (unpaired) electrons. The molecule has 1 aliphatic heterocycles. The normalized spacial score (nSPS) is 18.1. The number of nitrogens with two attached hydrogens (primary N) is 1. The molecule has 0 bridgehead atoms. The maximum atomic E-state index is 13.1. The predicted octanol–water partition coefficient (Wildman–Crippen LogP) is 1.64. The van der Waals surface area contributed by atoms with E-state index >= 15 is 0 Å². The van der Waals surface area contributed by atoms with Gasteiger partial charge in [-0.2, -0.15) is 0 Å². The first-order valence-corrected chi connectivity index (χ1v) is 8.46. The van der Waals surface area contributed by atoms with Crippen LogP contribution in [-0.2, 0) is 10.2 Å². The van der Waals surface area contributed by atoms with Crippen molar-refractivity contribution in [3.63, 3.8) is 0 Å². The number of hydrogen-bond acceptors (Lipinski definition) is 4. The number of halogens is 1. The highest BCUT2D eigenvalue weighted by molar-refractivity contribution is 5.92. The van der Waals surface area contributed by atoms with Crippen molar-refractivity contribution in [2.45, 2.75) is 24.4 Å². The van der Waals surface area contributed by atoms with Gasteiger partial charge in [-0.05, 0) is 36.6 Å². The molecule has 4 rings (SSSR count). The van der Waals surface area contributed by atoms with Crippen LogP contribution in [0.25, 0.3) is 0 Å². The minimum Gasteiger partial charge on any atom is -0.487 e. The lowest BCUT2D eigenvalue weighted by Crippen LogP contribution is -2.58. The zero-order valence-electron chi connectivity index (χ0n) is 14.0. The summed E-state index contributed by atoms with van der Waals surface area (Å²) in [6.45, 7) is 0.964. The monoisotopic (exact) mass is 355 g/mol. The third-order valence-corrected chi connectivity index (χ3v) is 4.98. The number of likely N-dealkylation sites (tertiary alicyclic amines) is 1. The van der Waals surface area contributed by atoms with Crippen LogP contribution in [0.5, 0.6) is 5.75 Å². The van der Waals surface area contributed by atoms with Crippen molar-refractivity contribution in [2.75, 3.05) is 13.1 Å². The maximum Gasteiger partial charge on any atom is 0.267 e. The van der Waals surface area contributed by atoms with Crippen LogP contribution in [0.3, 0.4) is 0 Å². The van der Waals surface area contributed by atoms with Crippen LogP contribution in [0, 0.1) is 5.82 Å². The Morgan fingerprint density at radius 1 is 1.19 bits per heavy atom. The molecule has 1 saturated heterocycles. The zero-order chi connectivity index (χ0) is 18.3. The van der Waals surface area contributed by atoms with Crippen LogP contribution < -0.4 is 10.5 Å². The number of benzene rings is 1. The number of hydrogen-bond donors (Lipinski definition) is 1. The molecule has 7 heteroatoms. The van der Waals surface area contributed by atoms with Gasteiger partial charge in [-0.25, -0.2) is 4.39 Å². The lowest BCUT2D eigenvalue weighted by Gasteiger charge is -2.41. The molecule has 2 N–H and O–H groups in total. The predicted molar refractivity (Wildman–Crippen MR) is 91.1 cm³/mol. The molecule has 26 heavy (non-hydrogen) atoms. The fourth-order valence-electron chi connectivity index (χ4n) is 3.31. The molecular weight excluding hydrogens is 337 g/mol. The number of nitrogens with zero attached hydrogens (tertiary/aromatic N) is 2. The van der Waals surface area contributed by atoms with Crippen molar-refractivity contribution < 1.29 is 18.7 Å². The zero-order valence-corrected chi connectivity index (χ0v) is 14.0. The fourth-order valence-corrected chi connectivity index (χ4v) is 3.31. The van der Waals surface area contributed by atoms with E-state index in [0.29, 0.717) is 18.8 Å². The standard InChI is InChI=1S/C19H18FN3O3/c20-13-3-1-12(2-4-13)19(6-7-19)18(25)23-10-15(11-23)26-14-5-8-22-16(9-14)17(21)24/h1-5,8-9,15H,6-7,10-11H2,(H2,21,24). The molecule has 2 aliphatic rings. The maximum absolute atomic E-state index is 13.1. The summed E-state index contributed by atoms with van der Waals surface area (Å²) in [5, 5.41) is 0. The molecule has 2 aromatic rings. The number of carbonyl (C=O) groups excluding carboxylic acids is 2. The summed E-state index contributed by atoms with van der Waals surface area (Å²) in [5.74, 6) is -0.347. The fraction of sp³-hybridized carbons (Fsp3) is 0.316. The van der Waals surface area contributed by atoms with Gasteiger partial charge in [0.2, 0.25) is 5.91 Å². The van der Waals surface area contributed by atoms with Gasteiger partial charge >= 0.3 is 0 Å². The lowest BCUT2D eigenvalue weighted by molar-refractivity contribution is -0.142. The highest BCUT2D eigenvalue weighted by Gasteiger charge is 2.54. The highest BCUT2D eigenvalue weighted by Crippen LogP contribution is 2.50. The number of rotatable bonds is 5. The lowest BCUT2D eigenvalue weighted by atomic mass is 9.92. The Bertz CT molecular complexity index is 859. The second-order valence-electron chi connectivity index (χ2n) is 6.78. The van der Waals surface area contributed by atoms with Crippen molar-refractivity contribution in [2.24, 2.45) is 5.73 Å². The Labute approximate surface area is 149 Å². The first-order valence-electron chi connectivity index (χ1n) is 8.46. The van der Waals surface area contributed by atoms with E-state index < -0.39 is 11.3 Å². The van der Waals surface area contributed by atoms with Gasteiger partial charge in [0.05, 0.1) is 18.5 Å². The Kier molecular flexibility index (Phi) is 3.86. The van der Waals surface area contributed by atoms with E-state index in [-0.39, 0.29) is 23.5 Å².